The van der Waals surface area contributed by atoms with E-state index in [-0.39, 0.29) is 11.5 Å². The highest BCUT2D eigenvalue weighted by atomic mass is 32.2. The van der Waals surface area contributed by atoms with Gasteiger partial charge in [-0.25, -0.2) is 8.42 Å². The van der Waals surface area contributed by atoms with Gasteiger partial charge in [0.05, 0.1) is 22.2 Å². The molecule has 0 aliphatic heterocycles. The Hall–Kier alpha value is -4.16. The number of aromatic nitrogens is 2. The Kier molecular flexibility index (Phi) is 5.87. The fourth-order valence-electron chi connectivity index (χ4n) is 2.84. The average molecular weight is 446 g/mol. The number of rotatable bonds is 7. The maximum absolute atomic E-state index is 12.6. The van der Waals surface area contributed by atoms with Crippen molar-refractivity contribution in [1.82, 2.24) is 10.2 Å². The standard InChI is InChI=1S/C23H18N4O4S/c1-16-5-9-18(10-6-16)23-26-25-22(31-23)15-30-20-4-2-3-19(13-20)27-32(28,29)21-11-7-17(14-24)8-12-21/h2-13,27H,15H2,1H3. The molecule has 1 aromatic heterocycles. The smallest absolute Gasteiger partial charge is 0.261 e. The first kappa shape index (κ1) is 21.1. The van der Waals surface area contributed by atoms with Crippen LogP contribution in [0.15, 0.2) is 82.1 Å². The lowest BCUT2D eigenvalue weighted by Crippen LogP contribution is -2.13. The molecule has 160 valence electrons. The number of anilines is 1. The van der Waals surface area contributed by atoms with Crippen LogP contribution < -0.4 is 9.46 Å². The zero-order chi connectivity index (χ0) is 22.6. The van der Waals surface area contributed by atoms with Crippen LogP contribution in [0.1, 0.15) is 17.0 Å². The van der Waals surface area contributed by atoms with Gasteiger partial charge in [0.15, 0.2) is 6.61 Å². The second-order valence-corrected chi connectivity index (χ2v) is 8.61. The lowest BCUT2D eigenvalue weighted by atomic mass is 10.1. The number of aryl methyl sites for hydroxylation is 1. The molecule has 4 aromatic rings. The third kappa shape index (κ3) is 4.94. The molecule has 0 fully saturated rings. The number of nitrogens with zero attached hydrogens (tertiary/aromatic N) is 3. The third-order valence-electron chi connectivity index (χ3n) is 4.51. The number of nitrogens with one attached hydrogen (secondary N) is 1. The number of nitriles is 1. The Bertz CT molecular complexity index is 1370. The third-order valence-corrected chi connectivity index (χ3v) is 5.90. The molecule has 3 aromatic carbocycles. The van der Waals surface area contributed by atoms with Crippen molar-refractivity contribution in [3.8, 4) is 23.3 Å². The summed E-state index contributed by atoms with van der Waals surface area (Å²) in [6.07, 6.45) is 0. The molecular formula is C23H18N4O4S. The maximum atomic E-state index is 12.6. The summed E-state index contributed by atoms with van der Waals surface area (Å²) in [5, 5.41) is 16.9. The lowest BCUT2D eigenvalue weighted by molar-refractivity contribution is 0.264. The van der Waals surface area contributed by atoms with Gasteiger partial charge in [-0.1, -0.05) is 23.8 Å². The summed E-state index contributed by atoms with van der Waals surface area (Å²) in [6.45, 7) is 2.03. The van der Waals surface area contributed by atoms with Gasteiger partial charge in [0, 0.05) is 11.6 Å². The van der Waals surface area contributed by atoms with E-state index in [1.807, 2.05) is 37.3 Å². The number of sulfonamides is 1. The molecule has 8 nitrogen and oxygen atoms in total. The average Bonchev–Trinajstić information content (AvgIpc) is 3.27. The summed E-state index contributed by atoms with van der Waals surface area (Å²) in [5.74, 6) is 1.12. The fraction of sp³-hybridized carbons (Fsp3) is 0.0870. The predicted octanol–water partition coefficient (Wildman–Crippen LogP) is 4.30. The van der Waals surface area contributed by atoms with Crippen LogP contribution in [-0.2, 0) is 16.6 Å². The minimum atomic E-state index is -3.81. The largest absolute Gasteiger partial charge is 0.484 e. The van der Waals surface area contributed by atoms with Gasteiger partial charge >= 0.3 is 0 Å². The van der Waals surface area contributed by atoms with Gasteiger partial charge in [-0.05, 0) is 55.5 Å². The zero-order valence-corrected chi connectivity index (χ0v) is 17.8. The first-order valence-electron chi connectivity index (χ1n) is 9.58. The normalized spacial score (nSPS) is 11.0. The summed E-state index contributed by atoms with van der Waals surface area (Å²) < 4.78 is 39.0. The fourth-order valence-corrected chi connectivity index (χ4v) is 3.89. The molecule has 32 heavy (non-hydrogen) atoms. The first-order chi connectivity index (χ1) is 15.4. The Morgan fingerprint density at radius 2 is 1.78 bits per heavy atom. The van der Waals surface area contributed by atoms with Gasteiger partial charge in [0.25, 0.3) is 15.9 Å². The highest BCUT2D eigenvalue weighted by molar-refractivity contribution is 7.92. The van der Waals surface area contributed by atoms with Crippen molar-refractivity contribution in [1.29, 1.82) is 5.26 Å². The summed E-state index contributed by atoms with van der Waals surface area (Å²) in [4.78, 5) is 0.0531. The molecule has 0 spiro atoms. The van der Waals surface area contributed by atoms with Gasteiger partial charge < -0.3 is 9.15 Å². The molecule has 0 bridgehead atoms. The molecule has 1 heterocycles. The van der Waals surface area contributed by atoms with E-state index < -0.39 is 10.0 Å². The second-order valence-electron chi connectivity index (χ2n) is 6.93. The monoisotopic (exact) mass is 446 g/mol. The van der Waals surface area contributed by atoms with Crippen molar-refractivity contribution in [3.05, 3.63) is 89.8 Å². The van der Waals surface area contributed by atoms with E-state index in [1.165, 1.54) is 24.3 Å². The van der Waals surface area contributed by atoms with Crippen molar-refractivity contribution >= 4 is 15.7 Å². The topological polar surface area (TPSA) is 118 Å². The summed E-state index contributed by atoms with van der Waals surface area (Å²) in [6, 6.07) is 21.8. The van der Waals surface area contributed by atoms with E-state index in [1.54, 1.807) is 24.3 Å². The van der Waals surface area contributed by atoms with Crippen molar-refractivity contribution in [2.45, 2.75) is 18.4 Å². The molecule has 0 saturated heterocycles. The van der Waals surface area contributed by atoms with Crippen LogP contribution in [0.2, 0.25) is 0 Å². The molecule has 9 heteroatoms. The van der Waals surface area contributed by atoms with Crippen molar-refractivity contribution < 1.29 is 17.6 Å². The van der Waals surface area contributed by atoms with Gasteiger partial charge in [0.2, 0.25) is 5.89 Å². The van der Waals surface area contributed by atoms with Gasteiger partial charge in [-0.15, -0.1) is 10.2 Å². The van der Waals surface area contributed by atoms with E-state index in [2.05, 4.69) is 14.9 Å². The molecule has 0 amide bonds. The Morgan fingerprint density at radius 1 is 1.03 bits per heavy atom. The molecule has 0 saturated carbocycles. The maximum Gasteiger partial charge on any atom is 0.261 e. The Labute approximate surface area is 185 Å². The van der Waals surface area contributed by atoms with E-state index in [0.717, 1.165) is 11.1 Å². The van der Waals surface area contributed by atoms with Crippen LogP contribution in [-0.4, -0.2) is 18.6 Å². The summed E-state index contributed by atoms with van der Waals surface area (Å²) >= 11 is 0. The predicted molar refractivity (Wildman–Crippen MR) is 117 cm³/mol. The minimum absolute atomic E-state index is 0.0324. The van der Waals surface area contributed by atoms with Gasteiger partial charge in [-0.2, -0.15) is 5.26 Å². The van der Waals surface area contributed by atoms with Crippen LogP contribution >= 0.6 is 0 Å². The van der Waals surface area contributed by atoms with Crippen LogP contribution in [0.25, 0.3) is 11.5 Å². The molecule has 0 atom stereocenters. The number of hydrogen-bond donors (Lipinski definition) is 1. The van der Waals surface area contributed by atoms with E-state index in [4.69, 9.17) is 14.4 Å². The van der Waals surface area contributed by atoms with Crippen LogP contribution in [0.4, 0.5) is 5.69 Å². The van der Waals surface area contributed by atoms with Crippen LogP contribution in [0, 0.1) is 18.3 Å². The zero-order valence-electron chi connectivity index (χ0n) is 17.0. The summed E-state index contributed by atoms with van der Waals surface area (Å²) in [7, 11) is -3.81. The molecule has 0 aliphatic carbocycles. The Morgan fingerprint density at radius 3 is 2.50 bits per heavy atom. The SMILES string of the molecule is Cc1ccc(-c2nnc(COc3cccc(NS(=O)(=O)c4ccc(C#N)cc4)c3)o2)cc1. The summed E-state index contributed by atoms with van der Waals surface area (Å²) in [5.41, 5.74) is 2.66. The molecule has 1 N–H and O–H groups in total. The van der Waals surface area contributed by atoms with Crippen molar-refractivity contribution in [2.24, 2.45) is 0 Å². The van der Waals surface area contributed by atoms with Crippen LogP contribution in [0.5, 0.6) is 5.75 Å². The second kappa shape index (κ2) is 8.91. The van der Waals surface area contributed by atoms with Gasteiger partial charge in [-0.3, -0.25) is 4.72 Å². The highest BCUT2D eigenvalue weighted by Crippen LogP contribution is 2.23. The molecule has 0 radical (unpaired) electrons. The molecule has 0 aliphatic rings. The van der Waals surface area contributed by atoms with Crippen molar-refractivity contribution in [2.75, 3.05) is 4.72 Å². The molecular weight excluding hydrogens is 428 g/mol. The van der Waals surface area contributed by atoms with E-state index >= 15 is 0 Å². The number of ether oxygens (including phenoxy) is 1. The molecule has 0 unspecified atom stereocenters. The van der Waals surface area contributed by atoms with Gasteiger partial charge in [0.1, 0.15) is 5.75 Å². The number of benzene rings is 3. The van der Waals surface area contributed by atoms with E-state index in [0.29, 0.717) is 28.8 Å². The van der Waals surface area contributed by atoms with E-state index in [9.17, 15) is 8.42 Å². The Balaban J connectivity index is 1.42. The first-order valence-corrected chi connectivity index (χ1v) is 11.1. The number of hydrogen-bond acceptors (Lipinski definition) is 7. The van der Waals surface area contributed by atoms with Crippen LogP contribution in [0.3, 0.4) is 0 Å². The minimum Gasteiger partial charge on any atom is -0.484 e. The highest BCUT2D eigenvalue weighted by Gasteiger charge is 2.15. The quantitative estimate of drug-likeness (QED) is 0.450. The van der Waals surface area contributed by atoms with Crippen molar-refractivity contribution in [3.63, 3.8) is 0 Å². The molecule has 4 rings (SSSR count). The lowest BCUT2D eigenvalue weighted by Gasteiger charge is -2.10.